The molecule has 0 aliphatic heterocycles. The van der Waals surface area contributed by atoms with Crippen LogP contribution >= 0.6 is 15.6 Å². The number of carbonyl (C=O) groups is 2. The summed E-state index contributed by atoms with van der Waals surface area (Å²) in [6, 6.07) is 0. The first-order chi connectivity index (χ1) is 29.2. The molecule has 15 nitrogen and oxygen atoms in total. The zero-order valence-electron chi connectivity index (χ0n) is 36.5. The van der Waals surface area contributed by atoms with Crippen molar-refractivity contribution in [2.75, 3.05) is 26.4 Å². The quantitative estimate of drug-likeness (QED) is 0.0146. The summed E-state index contributed by atoms with van der Waals surface area (Å²) in [4.78, 5) is 52.7. The fourth-order valence-corrected chi connectivity index (χ4v) is 6.50. The van der Waals surface area contributed by atoms with Gasteiger partial charge in [0.2, 0.25) is 0 Å². The predicted octanol–water partition coefficient (Wildman–Crippen LogP) is 8.95. The van der Waals surface area contributed by atoms with E-state index in [1.54, 1.807) is 6.08 Å². The van der Waals surface area contributed by atoms with Gasteiger partial charge in [-0.3, -0.25) is 23.2 Å². The van der Waals surface area contributed by atoms with E-state index in [0.29, 0.717) is 12.8 Å². The average molecular weight is 907 g/mol. The molecular formula is C44H76O15P2. The van der Waals surface area contributed by atoms with Crippen LogP contribution in [0.2, 0.25) is 0 Å². The van der Waals surface area contributed by atoms with E-state index in [0.717, 1.165) is 64.2 Å². The molecule has 0 aromatic heterocycles. The Kier molecular flexibility index (Phi) is 37.5. The number of esters is 2. The summed E-state index contributed by atoms with van der Waals surface area (Å²) in [5, 5.41) is 30.4. The van der Waals surface area contributed by atoms with Crippen molar-refractivity contribution in [2.45, 2.75) is 167 Å². The second-order valence-corrected chi connectivity index (χ2v) is 17.2. The number of carbonyl (C=O) groups excluding carboxylic acids is 2. The third-order valence-corrected chi connectivity index (χ3v) is 10.2. The largest absolute Gasteiger partial charge is 0.472 e. The molecule has 0 rings (SSSR count). The van der Waals surface area contributed by atoms with Gasteiger partial charge in [0, 0.05) is 12.8 Å². The van der Waals surface area contributed by atoms with E-state index < -0.39 is 78.4 Å². The van der Waals surface area contributed by atoms with Crippen LogP contribution in [0, 0.1) is 0 Å². The average Bonchev–Trinajstić information content (AvgIpc) is 3.21. The van der Waals surface area contributed by atoms with Gasteiger partial charge in [-0.2, -0.15) is 0 Å². The SMILES string of the molecule is CC/C=C\C/C=C\C/C=C\C/C=C\C[C@H](O)[C@@H](O)CCCC(=O)OC[C@H](COP(=O)(O)OC[C@@H](O)COP(=O)(O)O)OC(=O)CCCCCCC/C=C\C/C=C\CCCCC. The maximum absolute atomic E-state index is 12.7. The molecule has 0 heterocycles. The van der Waals surface area contributed by atoms with Gasteiger partial charge in [-0.15, -0.1) is 0 Å². The molecule has 0 bridgehead atoms. The van der Waals surface area contributed by atoms with Gasteiger partial charge in [0.15, 0.2) is 6.10 Å². The Morgan fingerprint density at radius 3 is 1.66 bits per heavy atom. The van der Waals surface area contributed by atoms with Gasteiger partial charge >= 0.3 is 27.6 Å². The zero-order valence-corrected chi connectivity index (χ0v) is 38.2. The van der Waals surface area contributed by atoms with Crippen molar-refractivity contribution in [3.05, 3.63) is 72.9 Å². The van der Waals surface area contributed by atoms with E-state index in [1.807, 2.05) is 12.2 Å². The van der Waals surface area contributed by atoms with Gasteiger partial charge in [-0.1, -0.05) is 119 Å². The van der Waals surface area contributed by atoms with Crippen molar-refractivity contribution in [2.24, 2.45) is 0 Å². The molecule has 5 atom stereocenters. The van der Waals surface area contributed by atoms with Gasteiger partial charge in [0.1, 0.15) is 12.7 Å². The molecule has 0 saturated heterocycles. The van der Waals surface area contributed by atoms with E-state index in [1.165, 1.54) is 19.3 Å². The number of aliphatic hydroxyl groups is 3. The number of unbranched alkanes of at least 4 members (excludes halogenated alkanes) is 8. The van der Waals surface area contributed by atoms with Crippen LogP contribution in [-0.2, 0) is 41.8 Å². The van der Waals surface area contributed by atoms with E-state index in [9.17, 15) is 38.9 Å². The summed E-state index contributed by atoms with van der Waals surface area (Å²) < 4.78 is 47.5. The first-order valence-corrected chi connectivity index (χ1v) is 24.8. The standard InChI is InChI=1S/C44H76O15P2/c1-3-5-7-9-11-13-15-17-18-19-21-23-25-27-29-33-44(49)59-40(38-58-61(53,54)57-36-39(45)35-56-60(50,51)52)37-55-43(48)34-30-32-42(47)41(46)31-28-26-24-22-20-16-14-12-10-8-6-4-2/h6,8,11-14,17-18,20,22,26,28,39-42,45-47H,3-5,7,9-10,15-16,19,21,23-25,27,29-38H2,1-2H3,(H,53,54)(H2,50,51,52)/b8-6-,13-11-,14-12-,18-17-,22-20-,28-26-/t39-,40+,41-,42-/m0/s1. The molecule has 0 aliphatic rings. The van der Waals surface area contributed by atoms with Gasteiger partial charge < -0.3 is 39.5 Å². The summed E-state index contributed by atoms with van der Waals surface area (Å²) >= 11 is 0. The first kappa shape index (κ1) is 58.5. The molecule has 6 N–H and O–H groups in total. The number of phosphoric acid groups is 2. The van der Waals surface area contributed by atoms with E-state index in [-0.39, 0.29) is 32.1 Å². The molecule has 0 aromatic rings. The molecule has 61 heavy (non-hydrogen) atoms. The molecule has 0 spiro atoms. The molecule has 0 aromatic carbocycles. The normalized spacial score (nSPS) is 15.7. The zero-order chi connectivity index (χ0) is 45.5. The van der Waals surface area contributed by atoms with Crippen LogP contribution < -0.4 is 0 Å². The van der Waals surface area contributed by atoms with Crippen molar-refractivity contribution in [3.63, 3.8) is 0 Å². The van der Waals surface area contributed by atoms with Crippen LogP contribution in [0.3, 0.4) is 0 Å². The van der Waals surface area contributed by atoms with Crippen LogP contribution in [0.1, 0.15) is 142 Å². The lowest BCUT2D eigenvalue weighted by atomic mass is 10.0. The van der Waals surface area contributed by atoms with Crippen molar-refractivity contribution in [1.29, 1.82) is 0 Å². The third-order valence-electron chi connectivity index (χ3n) is 8.77. The Morgan fingerprint density at radius 2 is 1.05 bits per heavy atom. The molecule has 0 radical (unpaired) electrons. The number of aliphatic hydroxyl groups excluding tert-OH is 3. The summed E-state index contributed by atoms with van der Waals surface area (Å²) in [6.45, 7) is 1.26. The third kappa shape index (κ3) is 41.3. The lowest BCUT2D eigenvalue weighted by Crippen LogP contribution is -2.30. The van der Waals surface area contributed by atoms with Gasteiger partial charge in [0.05, 0.1) is 32.0 Å². The van der Waals surface area contributed by atoms with E-state index in [2.05, 4.69) is 77.6 Å². The minimum absolute atomic E-state index is 0.0507. The smallest absolute Gasteiger partial charge is 0.462 e. The molecule has 17 heteroatoms. The first-order valence-electron chi connectivity index (χ1n) is 21.8. The minimum Gasteiger partial charge on any atom is -0.462 e. The maximum atomic E-state index is 12.7. The number of hydrogen-bond donors (Lipinski definition) is 6. The van der Waals surface area contributed by atoms with Crippen LogP contribution in [-0.4, -0.2) is 92.8 Å². The van der Waals surface area contributed by atoms with Crippen LogP contribution in [0.4, 0.5) is 0 Å². The lowest BCUT2D eigenvalue weighted by molar-refractivity contribution is -0.161. The molecule has 1 unspecified atom stereocenters. The maximum Gasteiger partial charge on any atom is 0.472 e. The highest BCUT2D eigenvalue weighted by Gasteiger charge is 2.28. The fraction of sp³-hybridized carbons (Fsp3) is 0.682. The molecule has 352 valence electrons. The van der Waals surface area contributed by atoms with Crippen molar-refractivity contribution >= 4 is 27.6 Å². The second kappa shape index (κ2) is 39.1. The Hall–Kier alpha value is -2.52. The van der Waals surface area contributed by atoms with E-state index >= 15 is 0 Å². The lowest BCUT2D eigenvalue weighted by Gasteiger charge is -2.20. The summed E-state index contributed by atoms with van der Waals surface area (Å²) in [5.74, 6) is -1.34. The highest BCUT2D eigenvalue weighted by Crippen LogP contribution is 2.43. The van der Waals surface area contributed by atoms with Gasteiger partial charge in [-0.05, 0) is 83.5 Å². The number of rotatable bonds is 40. The van der Waals surface area contributed by atoms with Crippen molar-refractivity contribution < 1.29 is 71.8 Å². The molecule has 0 fully saturated rings. The Morgan fingerprint density at radius 1 is 0.541 bits per heavy atom. The van der Waals surface area contributed by atoms with Crippen LogP contribution in [0.25, 0.3) is 0 Å². The summed E-state index contributed by atoms with van der Waals surface area (Å²) in [6.07, 6.45) is 34.9. The van der Waals surface area contributed by atoms with Crippen molar-refractivity contribution in [1.82, 2.24) is 0 Å². The fourth-order valence-electron chi connectivity index (χ4n) is 5.35. The number of hydrogen-bond acceptors (Lipinski definition) is 12. The summed E-state index contributed by atoms with van der Waals surface area (Å²) in [7, 11) is -9.78. The van der Waals surface area contributed by atoms with Crippen LogP contribution in [0.5, 0.6) is 0 Å². The molecule has 0 amide bonds. The van der Waals surface area contributed by atoms with Gasteiger partial charge in [0.25, 0.3) is 0 Å². The molecular weight excluding hydrogens is 830 g/mol. The highest BCUT2D eigenvalue weighted by molar-refractivity contribution is 7.47. The molecule has 0 saturated carbocycles. The summed E-state index contributed by atoms with van der Waals surface area (Å²) in [5.41, 5.74) is 0. The minimum atomic E-state index is -4.90. The Balaban J connectivity index is 4.79. The second-order valence-electron chi connectivity index (χ2n) is 14.5. The van der Waals surface area contributed by atoms with Crippen LogP contribution in [0.15, 0.2) is 72.9 Å². The topological polar surface area (TPSA) is 236 Å². The number of allylic oxidation sites excluding steroid dienone is 11. The highest BCUT2D eigenvalue weighted by atomic mass is 31.2. The number of phosphoric ester groups is 2. The predicted molar refractivity (Wildman–Crippen MR) is 237 cm³/mol. The van der Waals surface area contributed by atoms with Gasteiger partial charge in [-0.25, -0.2) is 9.13 Å². The van der Waals surface area contributed by atoms with Crippen molar-refractivity contribution in [3.8, 4) is 0 Å². The monoisotopic (exact) mass is 906 g/mol. The Bertz CT molecular complexity index is 1390. The number of ether oxygens (including phenoxy) is 2. The Labute approximate surface area is 364 Å². The molecule has 0 aliphatic carbocycles. The van der Waals surface area contributed by atoms with E-state index in [4.69, 9.17) is 23.8 Å².